The average Bonchev–Trinajstić information content (AvgIpc) is 2.52. The lowest BCUT2D eigenvalue weighted by atomic mass is 9.91. The minimum absolute atomic E-state index is 0.0967. The number of rotatable bonds is 5. The summed E-state index contributed by atoms with van der Waals surface area (Å²) in [6.45, 7) is 4.30. The number of aromatic nitrogens is 1. The van der Waals surface area contributed by atoms with Crippen LogP contribution >= 0.6 is 0 Å². The fraction of sp³-hybridized carbons (Fsp3) is 0.600. The number of anilines is 1. The first-order valence-corrected chi connectivity index (χ1v) is 7.23. The predicted octanol–water partition coefficient (Wildman–Crippen LogP) is 1.87. The Labute approximate surface area is 120 Å². The first-order valence-electron chi connectivity index (χ1n) is 7.23. The molecule has 0 radical (unpaired) electrons. The van der Waals surface area contributed by atoms with Crippen molar-refractivity contribution in [2.45, 2.75) is 25.7 Å². The molecule has 20 heavy (non-hydrogen) atoms. The molecule has 1 amide bonds. The molecule has 1 aromatic rings. The number of piperidine rings is 1. The van der Waals surface area contributed by atoms with E-state index < -0.39 is 0 Å². The third-order valence-corrected chi connectivity index (χ3v) is 3.72. The number of nitrogens with zero attached hydrogens (tertiary/aromatic N) is 2. The normalized spacial score (nSPS) is 18.9. The van der Waals surface area contributed by atoms with Crippen molar-refractivity contribution in [3.8, 4) is 0 Å². The highest BCUT2D eigenvalue weighted by atomic mass is 16.5. The minimum atomic E-state index is 0.0967. The minimum Gasteiger partial charge on any atom is -0.373 e. The topological polar surface area (TPSA) is 54.5 Å². The number of nitrogens with one attached hydrogen (secondary N) is 1. The van der Waals surface area contributed by atoms with Crippen LogP contribution in [0.2, 0.25) is 0 Å². The Kier molecular flexibility index (Phi) is 5.35. The lowest BCUT2D eigenvalue weighted by Gasteiger charge is -2.33. The molecule has 1 aromatic heterocycles. The Morgan fingerprint density at radius 1 is 1.60 bits per heavy atom. The molecule has 1 unspecified atom stereocenters. The molecule has 1 aliphatic heterocycles. The molecule has 1 saturated heterocycles. The highest BCUT2D eigenvalue weighted by Crippen LogP contribution is 2.27. The summed E-state index contributed by atoms with van der Waals surface area (Å²) in [5, 5.41) is 3.06. The standard InChI is InChI=1S/C15H23N3O2/c1-3-20-11-15(19)18-8-4-5-13(10-18)12-6-7-17-14(9-12)16-2/h6-7,9,13H,3-5,8,10-11H2,1-2H3,(H,16,17). The number of carbonyl (C=O) groups is 1. The Balaban J connectivity index is 2.00. The van der Waals surface area contributed by atoms with Gasteiger partial charge in [0, 0.05) is 38.9 Å². The number of pyridine rings is 1. The largest absolute Gasteiger partial charge is 0.373 e. The summed E-state index contributed by atoms with van der Waals surface area (Å²) in [5.41, 5.74) is 1.25. The number of carbonyl (C=O) groups excluding carboxylic acids is 1. The van der Waals surface area contributed by atoms with Crippen molar-refractivity contribution >= 4 is 11.7 Å². The van der Waals surface area contributed by atoms with Crippen LogP contribution in [0.15, 0.2) is 18.3 Å². The molecule has 0 aliphatic carbocycles. The van der Waals surface area contributed by atoms with Gasteiger partial charge in [-0.1, -0.05) is 0 Å². The van der Waals surface area contributed by atoms with Gasteiger partial charge in [-0.05, 0) is 37.5 Å². The van der Waals surface area contributed by atoms with E-state index in [4.69, 9.17) is 4.74 Å². The summed E-state index contributed by atoms with van der Waals surface area (Å²) < 4.78 is 5.21. The van der Waals surface area contributed by atoms with Crippen molar-refractivity contribution in [3.63, 3.8) is 0 Å². The second-order valence-electron chi connectivity index (χ2n) is 5.04. The van der Waals surface area contributed by atoms with Gasteiger partial charge in [0.25, 0.3) is 0 Å². The van der Waals surface area contributed by atoms with Crippen LogP contribution in [0, 0.1) is 0 Å². The zero-order valence-corrected chi connectivity index (χ0v) is 12.3. The van der Waals surface area contributed by atoms with Gasteiger partial charge in [-0.25, -0.2) is 4.98 Å². The first kappa shape index (κ1) is 14.8. The maximum Gasteiger partial charge on any atom is 0.248 e. The molecule has 0 saturated carbocycles. The summed E-state index contributed by atoms with van der Waals surface area (Å²) in [6.07, 6.45) is 3.98. The van der Waals surface area contributed by atoms with Gasteiger partial charge in [-0.3, -0.25) is 4.79 Å². The van der Waals surface area contributed by atoms with Gasteiger partial charge in [0.15, 0.2) is 0 Å². The quantitative estimate of drug-likeness (QED) is 0.892. The molecule has 1 atom stereocenters. The molecule has 110 valence electrons. The summed E-state index contributed by atoms with van der Waals surface area (Å²) in [7, 11) is 1.87. The van der Waals surface area contributed by atoms with Crippen LogP contribution in [-0.2, 0) is 9.53 Å². The SMILES string of the molecule is CCOCC(=O)N1CCCC(c2ccnc(NC)c2)C1. The number of amides is 1. The van der Waals surface area contributed by atoms with Crippen LogP contribution in [0.5, 0.6) is 0 Å². The Morgan fingerprint density at radius 2 is 2.45 bits per heavy atom. The highest BCUT2D eigenvalue weighted by Gasteiger charge is 2.24. The van der Waals surface area contributed by atoms with Crippen molar-refractivity contribution in [2.24, 2.45) is 0 Å². The third kappa shape index (κ3) is 3.70. The van der Waals surface area contributed by atoms with E-state index in [2.05, 4.69) is 16.4 Å². The number of hydrogen-bond acceptors (Lipinski definition) is 4. The maximum absolute atomic E-state index is 12.0. The molecule has 2 rings (SSSR count). The Bertz CT molecular complexity index is 450. The summed E-state index contributed by atoms with van der Waals surface area (Å²) in [4.78, 5) is 18.2. The Hall–Kier alpha value is -1.62. The van der Waals surface area contributed by atoms with Crippen LogP contribution in [0.1, 0.15) is 31.2 Å². The lowest BCUT2D eigenvalue weighted by Crippen LogP contribution is -2.41. The van der Waals surface area contributed by atoms with E-state index in [9.17, 15) is 4.79 Å². The molecule has 0 spiro atoms. The fourth-order valence-electron chi connectivity index (χ4n) is 2.59. The third-order valence-electron chi connectivity index (χ3n) is 3.72. The number of ether oxygens (including phenoxy) is 1. The zero-order valence-electron chi connectivity index (χ0n) is 12.3. The molecule has 2 heterocycles. The van der Waals surface area contributed by atoms with Crippen molar-refractivity contribution < 1.29 is 9.53 Å². The van der Waals surface area contributed by atoms with Crippen LogP contribution < -0.4 is 5.32 Å². The van der Waals surface area contributed by atoms with Crippen LogP contribution in [-0.4, -0.2) is 49.1 Å². The van der Waals surface area contributed by atoms with E-state index in [1.54, 1.807) is 0 Å². The van der Waals surface area contributed by atoms with Gasteiger partial charge in [-0.15, -0.1) is 0 Å². The number of hydrogen-bond donors (Lipinski definition) is 1. The first-order chi connectivity index (χ1) is 9.74. The average molecular weight is 277 g/mol. The van der Waals surface area contributed by atoms with E-state index in [0.29, 0.717) is 12.5 Å². The van der Waals surface area contributed by atoms with Crippen molar-refractivity contribution in [1.82, 2.24) is 9.88 Å². The van der Waals surface area contributed by atoms with Gasteiger partial charge in [0.2, 0.25) is 5.91 Å². The second-order valence-corrected chi connectivity index (χ2v) is 5.04. The van der Waals surface area contributed by atoms with Crippen molar-refractivity contribution in [3.05, 3.63) is 23.9 Å². The second kappa shape index (κ2) is 7.24. The van der Waals surface area contributed by atoms with Crippen molar-refractivity contribution in [1.29, 1.82) is 0 Å². The maximum atomic E-state index is 12.0. The van der Waals surface area contributed by atoms with Gasteiger partial charge in [0.05, 0.1) is 0 Å². The molecule has 1 fully saturated rings. The molecule has 5 nitrogen and oxygen atoms in total. The molecule has 1 aliphatic rings. The summed E-state index contributed by atoms with van der Waals surface area (Å²) >= 11 is 0. The molecule has 5 heteroatoms. The highest BCUT2D eigenvalue weighted by molar-refractivity contribution is 5.77. The van der Waals surface area contributed by atoms with E-state index in [-0.39, 0.29) is 12.5 Å². The van der Waals surface area contributed by atoms with Gasteiger partial charge >= 0.3 is 0 Å². The van der Waals surface area contributed by atoms with E-state index >= 15 is 0 Å². The smallest absolute Gasteiger partial charge is 0.248 e. The van der Waals surface area contributed by atoms with E-state index in [0.717, 1.165) is 31.7 Å². The van der Waals surface area contributed by atoms with Crippen molar-refractivity contribution in [2.75, 3.05) is 38.7 Å². The molecule has 0 aromatic carbocycles. The fourth-order valence-corrected chi connectivity index (χ4v) is 2.59. The molecule has 0 bridgehead atoms. The lowest BCUT2D eigenvalue weighted by molar-refractivity contribution is -0.137. The predicted molar refractivity (Wildman–Crippen MR) is 78.8 cm³/mol. The summed E-state index contributed by atoms with van der Waals surface area (Å²) in [5.74, 6) is 1.36. The van der Waals surface area contributed by atoms with E-state index in [1.165, 1.54) is 5.56 Å². The number of likely N-dealkylation sites (tertiary alicyclic amines) is 1. The Morgan fingerprint density at radius 3 is 3.20 bits per heavy atom. The van der Waals surface area contributed by atoms with Crippen LogP contribution in [0.4, 0.5) is 5.82 Å². The monoisotopic (exact) mass is 277 g/mol. The molecular weight excluding hydrogens is 254 g/mol. The van der Waals surface area contributed by atoms with Gasteiger partial charge in [0.1, 0.15) is 12.4 Å². The molecule has 1 N–H and O–H groups in total. The summed E-state index contributed by atoms with van der Waals surface area (Å²) in [6, 6.07) is 4.11. The van der Waals surface area contributed by atoms with Crippen LogP contribution in [0.25, 0.3) is 0 Å². The molecular formula is C15H23N3O2. The van der Waals surface area contributed by atoms with Gasteiger partial charge in [-0.2, -0.15) is 0 Å². The van der Waals surface area contributed by atoms with Crippen LogP contribution in [0.3, 0.4) is 0 Å². The zero-order chi connectivity index (χ0) is 14.4. The van der Waals surface area contributed by atoms with E-state index in [1.807, 2.05) is 31.1 Å². The van der Waals surface area contributed by atoms with Gasteiger partial charge < -0.3 is 15.0 Å².